The van der Waals surface area contributed by atoms with E-state index in [1.54, 1.807) is 11.3 Å². The molecule has 0 saturated carbocycles. The van der Waals surface area contributed by atoms with Gasteiger partial charge in [-0.15, -0.1) is 11.3 Å². The predicted molar refractivity (Wildman–Crippen MR) is 73.5 cm³/mol. The van der Waals surface area contributed by atoms with Crippen molar-refractivity contribution in [1.82, 2.24) is 15.2 Å². The molecule has 1 unspecified atom stereocenters. The molecule has 0 aromatic carbocycles. The first kappa shape index (κ1) is 13.0. The van der Waals surface area contributed by atoms with E-state index in [4.69, 9.17) is 0 Å². The molecule has 1 saturated heterocycles. The summed E-state index contributed by atoms with van der Waals surface area (Å²) < 4.78 is 0. The summed E-state index contributed by atoms with van der Waals surface area (Å²) in [6.07, 6.45) is 3.56. The van der Waals surface area contributed by atoms with E-state index in [1.165, 1.54) is 36.6 Å². The fraction of sp³-hybridized carbons (Fsp3) is 0.769. The number of nitrogens with zero attached hydrogens (tertiary/aromatic N) is 2. The molecule has 1 aliphatic rings. The Labute approximate surface area is 108 Å². The minimum Gasteiger partial charge on any atom is -0.315 e. The Hall–Kier alpha value is -0.450. The second-order valence-electron chi connectivity index (χ2n) is 4.70. The summed E-state index contributed by atoms with van der Waals surface area (Å²) in [7, 11) is 0. The summed E-state index contributed by atoms with van der Waals surface area (Å²) >= 11 is 1.80. The Morgan fingerprint density at radius 1 is 1.53 bits per heavy atom. The van der Waals surface area contributed by atoms with Gasteiger partial charge in [-0.25, -0.2) is 4.98 Å². The van der Waals surface area contributed by atoms with Gasteiger partial charge in [0.15, 0.2) is 0 Å². The topological polar surface area (TPSA) is 28.2 Å². The number of rotatable bonds is 6. The average Bonchev–Trinajstić information content (AvgIpc) is 2.99. The molecule has 0 aliphatic carbocycles. The van der Waals surface area contributed by atoms with Gasteiger partial charge in [-0.3, -0.25) is 4.90 Å². The standard InChI is InChI=1S/C13H23N3S/c1-3-7-16(12-5-6-14-8-12)9-11-10-17-13(4-2)15-11/h10,12,14H,3-9H2,1-2H3. The van der Waals surface area contributed by atoms with Crippen molar-refractivity contribution in [2.75, 3.05) is 19.6 Å². The number of hydrogen-bond donors (Lipinski definition) is 1. The third-order valence-electron chi connectivity index (χ3n) is 3.33. The van der Waals surface area contributed by atoms with Crippen molar-refractivity contribution in [3.05, 3.63) is 16.1 Å². The first-order valence-corrected chi connectivity index (χ1v) is 7.59. The third-order valence-corrected chi connectivity index (χ3v) is 4.37. The number of thiazole rings is 1. The van der Waals surface area contributed by atoms with Crippen molar-refractivity contribution in [3.8, 4) is 0 Å². The molecular weight excluding hydrogens is 230 g/mol. The van der Waals surface area contributed by atoms with Crippen LogP contribution >= 0.6 is 11.3 Å². The van der Waals surface area contributed by atoms with Gasteiger partial charge in [-0.1, -0.05) is 13.8 Å². The van der Waals surface area contributed by atoms with E-state index in [0.29, 0.717) is 6.04 Å². The van der Waals surface area contributed by atoms with E-state index >= 15 is 0 Å². The second-order valence-corrected chi connectivity index (χ2v) is 5.65. The highest BCUT2D eigenvalue weighted by atomic mass is 32.1. The van der Waals surface area contributed by atoms with Crippen LogP contribution in [0.4, 0.5) is 0 Å². The van der Waals surface area contributed by atoms with Gasteiger partial charge in [0.25, 0.3) is 0 Å². The molecule has 0 spiro atoms. The van der Waals surface area contributed by atoms with Crippen molar-refractivity contribution < 1.29 is 0 Å². The SMILES string of the molecule is CCCN(Cc1csc(CC)n1)C1CCNC1. The van der Waals surface area contributed by atoms with Crippen molar-refractivity contribution in [1.29, 1.82) is 0 Å². The van der Waals surface area contributed by atoms with E-state index in [0.717, 1.165) is 19.5 Å². The summed E-state index contributed by atoms with van der Waals surface area (Å²) in [5.41, 5.74) is 1.26. The molecule has 1 N–H and O–H groups in total. The van der Waals surface area contributed by atoms with Gasteiger partial charge in [0.1, 0.15) is 0 Å². The van der Waals surface area contributed by atoms with Gasteiger partial charge in [0.05, 0.1) is 10.7 Å². The lowest BCUT2D eigenvalue weighted by Crippen LogP contribution is -2.37. The first-order chi connectivity index (χ1) is 8.33. The number of aryl methyl sites for hydroxylation is 1. The van der Waals surface area contributed by atoms with Crippen LogP contribution in [0.2, 0.25) is 0 Å². The van der Waals surface area contributed by atoms with Crippen LogP contribution in [-0.4, -0.2) is 35.6 Å². The van der Waals surface area contributed by atoms with Crippen LogP contribution in [0.3, 0.4) is 0 Å². The Kier molecular flexibility index (Phi) is 4.95. The lowest BCUT2D eigenvalue weighted by Gasteiger charge is -2.27. The summed E-state index contributed by atoms with van der Waals surface area (Å²) in [6, 6.07) is 0.710. The van der Waals surface area contributed by atoms with Crippen LogP contribution < -0.4 is 5.32 Å². The van der Waals surface area contributed by atoms with Gasteiger partial charge in [-0.2, -0.15) is 0 Å². The lowest BCUT2D eigenvalue weighted by molar-refractivity contribution is 0.197. The Morgan fingerprint density at radius 2 is 2.41 bits per heavy atom. The normalized spacial score (nSPS) is 20.3. The fourth-order valence-electron chi connectivity index (χ4n) is 2.42. The van der Waals surface area contributed by atoms with Crippen LogP contribution in [0.15, 0.2) is 5.38 Å². The molecule has 4 heteroatoms. The van der Waals surface area contributed by atoms with Crippen molar-refractivity contribution >= 4 is 11.3 Å². The zero-order chi connectivity index (χ0) is 12.1. The van der Waals surface area contributed by atoms with Crippen molar-refractivity contribution in [3.63, 3.8) is 0 Å². The van der Waals surface area contributed by atoms with Crippen LogP contribution in [0.5, 0.6) is 0 Å². The van der Waals surface area contributed by atoms with Crippen molar-refractivity contribution in [2.45, 2.75) is 45.7 Å². The quantitative estimate of drug-likeness (QED) is 0.843. The summed E-state index contributed by atoms with van der Waals surface area (Å²) in [6.45, 7) is 8.95. The maximum Gasteiger partial charge on any atom is 0.0926 e. The largest absolute Gasteiger partial charge is 0.315 e. The molecular formula is C13H23N3S. The van der Waals surface area contributed by atoms with Crippen LogP contribution in [-0.2, 0) is 13.0 Å². The summed E-state index contributed by atoms with van der Waals surface area (Å²) in [4.78, 5) is 7.27. The molecule has 1 fully saturated rings. The maximum absolute atomic E-state index is 4.68. The predicted octanol–water partition coefficient (Wildman–Crippen LogP) is 2.28. The minimum absolute atomic E-state index is 0.710. The van der Waals surface area contributed by atoms with Gasteiger partial charge in [0.2, 0.25) is 0 Å². The van der Waals surface area contributed by atoms with E-state index < -0.39 is 0 Å². The van der Waals surface area contributed by atoms with E-state index in [1.807, 2.05) is 0 Å². The Bertz CT molecular complexity index is 331. The number of aromatic nitrogens is 1. The van der Waals surface area contributed by atoms with E-state index in [-0.39, 0.29) is 0 Å². The molecule has 0 amide bonds. The van der Waals surface area contributed by atoms with Gasteiger partial charge >= 0.3 is 0 Å². The molecule has 0 bridgehead atoms. The van der Waals surface area contributed by atoms with Gasteiger partial charge in [0, 0.05) is 24.5 Å². The molecule has 1 aliphatic heterocycles. The van der Waals surface area contributed by atoms with Crippen LogP contribution in [0, 0.1) is 0 Å². The Balaban J connectivity index is 1.96. The maximum atomic E-state index is 4.68. The molecule has 1 aromatic rings. The Morgan fingerprint density at radius 3 is 3.00 bits per heavy atom. The van der Waals surface area contributed by atoms with E-state index in [2.05, 4.69) is 34.4 Å². The highest BCUT2D eigenvalue weighted by Crippen LogP contribution is 2.16. The molecule has 1 atom stereocenters. The van der Waals surface area contributed by atoms with Crippen LogP contribution in [0.25, 0.3) is 0 Å². The highest BCUT2D eigenvalue weighted by molar-refractivity contribution is 7.09. The molecule has 17 heavy (non-hydrogen) atoms. The highest BCUT2D eigenvalue weighted by Gasteiger charge is 2.22. The fourth-order valence-corrected chi connectivity index (χ4v) is 3.16. The number of nitrogens with one attached hydrogen (secondary N) is 1. The smallest absolute Gasteiger partial charge is 0.0926 e. The molecule has 96 valence electrons. The second kappa shape index (κ2) is 6.47. The van der Waals surface area contributed by atoms with Gasteiger partial charge < -0.3 is 5.32 Å². The van der Waals surface area contributed by atoms with Gasteiger partial charge in [-0.05, 0) is 32.4 Å². The van der Waals surface area contributed by atoms with Crippen molar-refractivity contribution in [2.24, 2.45) is 0 Å². The molecule has 1 aromatic heterocycles. The third kappa shape index (κ3) is 3.50. The zero-order valence-electron chi connectivity index (χ0n) is 10.9. The molecule has 3 nitrogen and oxygen atoms in total. The van der Waals surface area contributed by atoms with Crippen LogP contribution in [0.1, 0.15) is 37.4 Å². The zero-order valence-corrected chi connectivity index (χ0v) is 11.7. The number of hydrogen-bond acceptors (Lipinski definition) is 4. The lowest BCUT2D eigenvalue weighted by atomic mass is 10.2. The molecule has 0 radical (unpaired) electrons. The summed E-state index contributed by atoms with van der Waals surface area (Å²) in [5.74, 6) is 0. The van der Waals surface area contributed by atoms with E-state index in [9.17, 15) is 0 Å². The monoisotopic (exact) mass is 253 g/mol. The summed E-state index contributed by atoms with van der Waals surface area (Å²) in [5, 5.41) is 6.94. The minimum atomic E-state index is 0.710. The molecule has 2 rings (SSSR count). The first-order valence-electron chi connectivity index (χ1n) is 6.71. The molecule has 2 heterocycles. The average molecular weight is 253 g/mol.